The Morgan fingerprint density at radius 2 is 1.67 bits per heavy atom. The van der Waals surface area contributed by atoms with Crippen LogP contribution < -0.4 is 29.8 Å². The van der Waals surface area contributed by atoms with E-state index in [1.54, 1.807) is 30.3 Å². The third-order valence-corrected chi connectivity index (χ3v) is 7.55. The number of aromatic nitrogens is 2. The van der Waals surface area contributed by atoms with Crippen LogP contribution in [0.4, 0.5) is 10.1 Å². The van der Waals surface area contributed by atoms with Crippen molar-refractivity contribution in [2.24, 2.45) is 5.10 Å². The molecule has 1 heterocycles. The van der Waals surface area contributed by atoms with Crippen LogP contribution in [0.15, 0.2) is 82.7 Å². The number of nitrogens with zero attached hydrogens (tertiary/aromatic N) is 3. The molecule has 0 aliphatic rings. The van der Waals surface area contributed by atoms with E-state index in [0.717, 1.165) is 22.4 Å². The van der Waals surface area contributed by atoms with Crippen LogP contribution in [0.5, 0.6) is 23.0 Å². The maximum Gasteiger partial charge on any atom is 0.282 e. The van der Waals surface area contributed by atoms with Crippen LogP contribution in [0.25, 0.3) is 22.3 Å². The van der Waals surface area contributed by atoms with Gasteiger partial charge in [0.25, 0.3) is 11.5 Å². The third-order valence-electron chi connectivity index (χ3n) is 7.55. The first-order valence-corrected chi connectivity index (χ1v) is 15.4. The number of fused-ring (bicyclic) bond motifs is 1. The molecule has 0 saturated carbocycles. The van der Waals surface area contributed by atoms with E-state index in [2.05, 4.69) is 24.3 Å². The number of halogens is 1. The summed E-state index contributed by atoms with van der Waals surface area (Å²) in [5.41, 5.74) is 3.79. The highest BCUT2D eigenvalue weighted by Crippen LogP contribution is 2.38. The molecule has 1 aromatic heterocycles. The molecule has 0 bridgehead atoms. The second-order valence-electron chi connectivity index (χ2n) is 11.2. The Bertz CT molecular complexity index is 2010. The van der Waals surface area contributed by atoms with Gasteiger partial charge in [0, 0.05) is 16.8 Å². The fraction of sp³-hybridized carbons (Fsp3) is 0.243. The number of nitrogens with one attached hydrogen (secondary N) is 1. The summed E-state index contributed by atoms with van der Waals surface area (Å²) in [6, 6.07) is 19.8. The number of para-hydroxylation sites is 1. The molecule has 1 N–H and O–H groups in total. The van der Waals surface area contributed by atoms with Gasteiger partial charge in [-0.15, -0.1) is 0 Å². The number of amides is 1. The molecule has 0 spiro atoms. The van der Waals surface area contributed by atoms with E-state index in [9.17, 15) is 14.0 Å². The Morgan fingerprint density at radius 3 is 2.31 bits per heavy atom. The normalized spacial score (nSPS) is 11.2. The van der Waals surface area contributed by atoms with Crippen molar-refractivity contribution in [3.8, 4) is 34.4 Å². The number of ether oxygens (including phenoxy) is 4. The van der Waals surface area contributed by atoms with Crippen molar-refractivity contribution >= 4 is 28.7 Å². The van der Waals surface area contributed by atoms with Gasteiger partial charge in [0.15, 0.2) is 23.9 Å². The lowest BCUT2D eigenvalue weighted by Crippen LogP contribution is -2.21. The van der Waals surface area contributed by atoms with Crippen molar-refractivity contribution in [3.05, 3.63) is 106 Å². The van der Waals surface area contributed by atoms with Gasteiger partial charge in [-0.05, 0) is 91.6 Å². The van der Waals surface area contributed by atoms with Crippen LogP contribution in [-0.4, -0.2) is 49.2 Å². The van der Waals surface area contributed by atoms with E-state index in [0.29, 0.717) is 34.6 Å². The molecule has 11 heteroatoms. The number of anilines is 1. The maximum atomic E-state index is 13.9. The van der Waals surface area contributed by atoms with E-state index in [1.807, 2.05) is 32.0 Å². The van der Waals surface area contributed by atoms with Gasteiger partial charge in [-0.1, -0.05) is 26.0 Å². The van der Waals surface area contributed by atoms with Crippen molar-refractivity contribution < 1.29 is 28.1 Å². The first-order chi connectivity index (χ1) is 23.1. The molecule has 248 valence electrons. The molecule has 0 radical (unpaired) electrons. The molecule has 0 saturated heterocycles. The number of benzene rings is 4. The quantitative estimate of drug-likeness (QED) is 0.145. The second kappa shape index (κ2) is 14.8. The molecule has 0 unspecified atom stereocenters. The van der Waals surface area contributed by atoms with Gasteiger partial charge in [-0.2, -0.15) is 9.78 Å². The maximum absolute atomic E-state index is 13.9. The Balaban J connectivity index is 1.53. The predicted molar refractivity (Wildman–Crippen MR) is 184 cm³/mol. The second-order valence-corrected chi connectivity index (χ2v) is 11.2. The summed E-state index contributed by atoms with van der Waals surface area (Å²) in [5, 5.41) is 7.69. The van der Waals surface area contributed by atoms with E-state index in [-0.39, 0.29) is 35.3 Å². The Hall–Kier alpha value is -5.71. The monoisotopic (exact) mass is 652 g/mol. The molecular formula is C37H37FN4O6. The van der Waals surface area contributed by atoms with Gasteiger partial charge in [0.1, 0.15) is 11.6 Å². The van der Waals surface area contributed by atoms with Crippen molar-refractivity contribution in [2.75, 3.05) is 32.8 Å². The fourth-order valence-corrected chi connectivity index (χ4v) is 5.19. The van der Waals surface area contributed by atoms with Gasteiger partial charge >= 0.3 is 0 Å². The minimum Gasteiger partial charge on any atom is -0.494 e. The number of carbonyl (C=O) groups is 1. The molecule has 10 nitrogen and oxygen atoms in total. The van der Waals surface area contributed by atoms with Gasteiger partial charge in [-0.3, -0.25) is 9.59 Å². The van der Waals surface area contributed by atoms with E-state index >= 15 is 0 Å². The summed E-state index contributed by atoms with van der Waals surface area (Å²) in [5.74, 6) is 1.21. The first-order valence-electron chi connectivity index (χ1n) is 15.4. The number of rotatable bonds is 12. The Kier molecular flexibility index (Phi) is 10.4. The highest BCUT2D eigenvalue weighted by Gasteiger charge is 2.20. The van der Waals surface area contributed by atoms with Crippen molar-refractivity contribution in [1.29, 1.82) is 0 Å². The molecule has 1 amide bonds. The minimum absolute atomic E-state index is 0.157. The summed E-state index contributed by atoms with van der Waals surface area (Å²) >= 11 is 0. The molecule has 0 aliphatic heterocycles. The summed E-state index contributed by atoms with van der Waals surface area (Å²) in [6.45, 7) is 8.23. The Labute approximate surface area is 277 Å². The lowest BCUT2D eigenvalue weighted by molar-refractivity contribution is -0.118. The third kappa shape index (κ3) is 7.30. The minimum atomic E-state index is -0.461. The average Bonchev–Trinajstić information content (AvgIpc) is 3.07. The zero-order valence-electron chi connectivity index (χ0n) is 27.7. The van der Waals surface area contributed by atoms with Crippen molar-refractivity contribution in [3.63, 3.8) is 0 Å². The molecule has 5 aromatic rings. The van der Waals surface area contributed by atoms with Crippen LogP contribution in [0.3, 0.4) is 0 Å². The highest BCUT2D eigenvalue weighted by molar-refractivity contribution is 5.92. The molecular weight excluding hydrogens is 615 g/mol. The van der Waals surface area contributed by atoms with Gasteiger partial charge in [0.05, 0.1) is 37.9 Å². The number of aryl methyl sites for hydroxylation is 1. The van der Waals surface area contributed by atoms with E-state index in [4.69, 9.17) is 23.9 Å². The van der Waals surface area contributed by atoms with Crippen LogP contribution in [0.2, 0.25) is 0 Å². The molecule has 0 fully saturated rings. The van der Waals surface area contributed by atoms with Crippen molar-refractivity contribution in [1.82, 2.24) is 9.66 Å². The van der Waals surface area contributed by atoms with Gasteiger partial charge in [-0.25, -0.2) is 9.37 Å². The summed E-state index contributed by atoms with van der Waals surface area (Å²) < 4.78 is 37.4. The van der Waals surface area contributed by atoms with Crippen LogP contribution in [0, 0.1) is 12.7 Å². The SMILES string of the molecule is CCOc1cc(C)c(-c2nc3ccccc3c(=O)n2N=Cc2cc(OC)c(OCC(=O)Nc3ccc(F)cc3)c(OC)c2)cc1C(C)C. The number of hydrogen-bond acceptors (Lipinski definition) is 8. The molecule has 5 rings (SSSR count). The topological polar surface area (TPSA) is 113 Å². The number of methoxy groups -OCH3 is 2. The zero-order valence-corrected chi connectivity index (χ0v) is 27.7. The van der Waals surface area contributed by atoms with Crippen LogP contribution >= 0.6 is 0 Å². The lowest BCUT2D eigenvalue weighted by Gasteiger charge is -2.18. The lowest BCUT2D eigenvalue weighted by atomic mass is 9.96. The van der Waals surface area contributed by atoms with Crippen molar-refractivity contribution in [2.45, 2.75) is 33.6 Å². The molecule has 0 aliphatic carbocycles. The molecule has 48 heavy (non-hydrogen) atoms. The molecule has 0 atom stereocenters. The highest BCUT2D eigenvalue weighted by atomic mass is 19.1. The molecule has 4 aromatic carbocycles. The number of carbonyl (C=O) groups excluding carboxylic acids is 1. The zero-order chi connectivity index (χ0) is 34.4. The van der Waals surface area contributed by atoms with E-state index < -0.39 is 11.7 Å². The summed E-state index contributed by atoms with van der Waals surface area (Å²) in [4.78, 5) is 31.3. The largest absolute Gasteiger partial charge is 0.494 e. The van der Waals surface area contributed by atoms with Gasteiger partial charge < -0.3 is 24.3 Å². The summed E-state index contributed by atoms with van der Waals surface area (Å²) in [7, 11) is 2.91. The number of hydrogen-bond donors (Lipinski definition) is 1. The fourth-order valence-electron chi connectivity index (χ4n) is 5.19. The van der Waals surface area contributed by atoms with E-state index in [1.165, 1.54) is 49.4 Å². The smallest absolute Gasteiger partial charge is 0.282 e. The van der Waals surface area contributed by atoms with Gasteiger partial charge in [0.2, 0.25) is 5.75 Å². The average molecular weight is 653 g/mol. The predicted octanol–water partition coefficient (Wildman–Crippen LogP) is 6.95. The Morgan fingerprint density at radius 1 is 0.979 bits per heavy atom. The van der Waals surface area contributed by atoms with Crippen LogP contribution in [0.1, 0.15) is 43.4 Å². The first kappa shape index (κ1) is 33.6. The summed E-state index contributed by atoms with van der Waals surface area (Å²) in [6.07, 6.45) is 1.50. The standard InChI is InChI=1S/C37H37FN4O6/c1-7-47-31-16-23(4)29(19-28(31)22(2)3)36-41-30-11-9-8-10-27(30)37(44)42(36)39-20-24-17-32(45-5)35(33(18-24)46-6)48-21-34(43)40-26-14-12-25(38)13-15-26/h8-20,22H,7,21H2,1-6H3,(H,40,43). The van der Waals surface area contributed by atoms with Crippen LogP contribution in [-0.2, 0) is 4.79 Å².